The van der Waals surface area contributed by atoms with Crippen LogP contribution in [0.5, 0.6) is 0 Å². The van der Waals surface area contributed by atoms with Crippen LogP contribution in [0.15, 0.2) is 42.6 Å². The highest BCUT2D eigenvalue weighted by molar-refractivity contribution is 5.92. The number of alkyl halides is 3. The van der Waals surface area contributed by atoms with E-state index in [-0.39, 0.29) is 5.52 Å². The van der Waals surface area contributed by atoms with Gasteiger partial charge in [0.15, 0.2) is 5.69 Å². The minimum Gasteiger partial charge on any atom is -0.252 e. The summed E-state index contributed by atoms with van der Waals surface area (Å²) in [6.45, 7) is 1.78. The largest absolute Gasteiger partial charge is 0.434 e. The van der Waals surface area contributed by atoms with E-state index >= 15 is 0 Å². The molecule has 114 valence electrons. The van der Waals surface area contributed by atoms with Crippen LogP contribution in [0.2, 0.25) is 0 Å². The first-order valence-corrected chi connectivity index (χ1v) is 6.73. The second-order valence-electron chi connectivity index (χ2n) is 5.13. The van der Waals surface area contributed by atoms with Crippen LogP contribution < -0.4 is 0 Å². The second kappa shape index (κ2) is 5.36. The highest BCUT2D eigenvalue weighted by Gasteiger charge is 2.33. The Morgan fingerprint density at radius 2 is 1.91 bits per heavy atom. The molecule has 0 N–H and O–H groups in total. The standard InChI is InChI=1S/C17H10F3N3/c1-10-5-13(12-4-2-3-11(7-12)8-21)16-14(6-10)23-15(9-22-16)17(18,19)20/h2-7,9H,1H3. The number of hydrogen-bond acceptors (Lipinski definition) is 3. The predicted octanol–water partition coefficient (Wildman–Crippen LogP) is 4.50. The van der Waals surface area contributed by atoms with Gasteiger partial charge in [-0.05, 0) is 42.3 Å². The average molecular weight is 313 g/mol. The quantitative estimate of drug-likeness (QED) is 0.665. The van der Waals surface area contributed by atoms with Crippen LogP contribution in [0.4, 0.5) is 13.2 Å². The van der Waals surface area contributed by atoms with Crippen molar-refractivity contribution in [2.24, 2.45) is 0 Å². The third kappa shape index (κ3) is 2.86. The number of fused-ring (bicyclic) bond motifs is 1. The molecular weight excluding hydrogens is 303 g/mol. The molecular formula is C17H10F3N3. The summed E-state index contributed by atoms with van der Waals surface area (Å²) in [6, 6.07) is 12.3. The molecule has 0 spiro atoms. The molecule has 0 saturated carbocycles. The molecule has 0 aliphatic rings. The Bertz CT molecular complexity index is 940. The van der Waals surface area contributed by atoms with Gasteiger partial charge in [0, 0.05) is 5.56 Å². The molecule has 0 saturated heterocycles. The Morgan fingerprint density at radius 3 is 2.61 bits per heavy atom. The first-order valence-electron chi connectivity index (χ1n) is 6.73. The molecule has 1 heterocycles. The van der Waals surface area contributed by atoms with Crippen LogP contribution in [0, 0.1) is 18.3 Å². The Kier molecular flexibility index (Phi) is 3.49. The third-order valence-electron chi connectivity index (χ3n) is 3.38. The van der Waals surface area contributed by atoms with E-state index in [9.17, 15) is 13.2 Å². The number of nitriles is 1. The molecule has 6 heteroatoms. The first-order chi connectivity index (χ1) is 10.9. The number of aromatic nitrogens is 2. The minimum absolute atomic E-state index is 0.178. The zero-order valence-electron chi connectivity index (χ0n) is 12.0. The van der Waals surface area contributed by atoms with E-state index in [1.807, 2.05) is 12.1 Å². The van der Waals surface area contributed by atoms with Crippen molar-refractivity contribution in [2.75, 3.05) is 0 Å². The number of halogens is 3. The topological polar surface area (TPSA) is 49.6 Å². The highest BCUT2D eigenvalue weighted by Crippen LogP contribution is 2.32. The lowest BCUT2D eigenvalue weighted by Gasteiger charge is -2.10. The second-order valence-corrected chi connectivity index (χ2v) is 5.13. The van der Waals surface area contributed by atoms with Gasteiger partial charge in [-0.3, -0.25) is 4.98 Å². The van der Waals surface area contributed by atoms with Crippen LogP contribution >= 0.6 is 0 Å². The van der Waals surface area contributed by atoms with E-state index < -0.39 is 11.9 Å². The predicted molar refractivity (Wildman–Crippen MR) is 79.4 cm³/mol. The van der Waals surface area contributed by atoms with Crippen molar-refractivity contribution in [3.63, 3.8) is 0 Å². The van der Waals surface area contributed by atoms with Gasteiger partial charge in [-0.25, -0.2) is 4.98 Å². The summed E-state index contributed by atoms with van der Waals surface area (Å²) in [4.78, 5) is 7.64. The molecule has 0 atom stereocenters. The summed E-state index contributed by atoms with van der Waals surface area (Å²) in [5.74, 6) is 0. The van der Waals surface area contributed by atoms with Gasteiger partial charge in [-0.15, -0.1) is 0 Å². The lowest BCUT2D eigenvalue weighted by atomic mass is 9.99. The van der Waals surface area contributed by atoms with E-state index in [1.54, 1.807) is 37.3 Å². The normalized spacial score (nSPS) is 11.4. The van der Waals surface area contributed by atoms with Gasteiger partial charge in [-0.1, -0.05) is 12.1 Å². The first kappa shape index (κ1) is 15.0. The molecule has 0 fully saturated rings. The number of hydrogen-bond donors (Lipinski definition) is 0. The highest BCUT2D eigenvalue weighted by atomic mass is 19.4. The van der Waals surface area contributed by atoms with Crippen molar-refractivity contribution in [1.29, 1.82) is 5.26 Å². The summed E-state index contributed by atoms with van der Waals surface area (Å²) in [7, 11) is 0. The number of rotatable bonds is 1. The Morgan fingerprint density at radius 1 is 1.13 bits per heavy atom. The van der Waals surface area contributed by atoms with Gasteiger partial charge in [0.2, 0.25) is 0 Å². The van der Waals surface area contributed by atoms with E-state index in [2.05, 4.69) is 9.97 Å². The maximum absolute atomic E-state index is 12.8. The fourth-order valence-corrected chi connectivity index (χ4v) is 2.38. The maximum atomic E-state index is 12.8. The fraction of sp³-hybridized carbons (Fsp3) is 0.118. The Balaban J connectivity index is 2.27. The summed E-state index contributed by atoms with van der Waals surface area (Å²) in [6.07, 6.45) is -3.80. The number of aryl methyl sites for hydroxylation is 1. The molecule has 3 aromatic rings. The van der Waals surface area contributed by atoms with Crippen LogP contribution in [0.25, 0.3) is 22.2 Å². The zero-order valence-corrected chi connectivity index (χ0v) is 12.0. The molecule has 1 aromatic heterocycles. The summed E-state index contributed by atoms with van der Waals surface area (Å²) in [5, 5.41) is 9.00. The minimum atomic E-state index is -4.54. The van der Waals surface area contributed by atoms with E-state index in [0.29, 0.717) is 22.2 Å². The van der Waals surface area contributed by atoms with Gasteiger partial charge < -0.3 is 0 Å². The van der Waals surface area contributed by atoms with Gasteiger partial charge in [-0.2, -0.15) is 18.4 Å². The Labute approximate surface area is 130 Å². The van der Waals surface area contributed by atoms with Gasteiger partial charge in [0.1, 0.15) is 0 Å². The summed E-state index contributed by atoms with van der Waals surface area (Å²) in [5.41, 5.74) is 2.13. The van der Waals surface area contributed by atoms with Gasteiger partial charge in [0.25, 0.3) is 0 Å². The van der Waals surface area contributed by atoms with Crippen LogP contribution in [-0.2, 0) is 6.18 Å². The molecule has 0 amide bonds. The molecule has 3 nitrogen and oxygen atoms in total. The molecule has 0 aliphatic heterocycles. The van der Waals surface area contributed by atoms with Crippen molar-refractivity contribution in [3.05, 3.63) is 59.4 Å². The fourth-order valence-electron chi connectivity index (χ4n) is 2.38. The molecule has 3 rings (SSSR count). The van der Waals surface area contributed by atoms with Crippen molar-refractivity contribution in [2.45, 2.75) is 13.1 Å². The van der Waals surface area contributed by atoms with Crippen LogP contribution in [0.1, 0.15) is 16.8 Å². The SMILES string of the molecule is Cc1cc(-c2cccc(C#N)c2)c2ncc(C(F)(F)F)nc2c1. The van der Waals surface area contributed by atoms with Gasteiger partial charge >= 0.3 is 6.18 Å². The van der Waals surface area contributed by atoms with E-state index in [1.165, 1.54) is 0 Å². The summed E-state index contributed by atoms with van der Waals surface area (Å²) >= 11 is 0. The lowest BCUT2D eigenvalue weighted by molar-refractivity contribution is -0.141. The monoisotopic (exact) mass is 313 g/mol. The van der Waals surface area contributed by atoms with Crippen molar-refractivity contribution in [1.82, 2.24) is 9.97 Å². The number of nitrogens with zero attached hydrogens (tertiary/aromatic N) is 3. The van der Waals surface area contributed by atoms with E-state index in [4.69, 9.17) is 5.26 Å². The smallest absolute Gasteiger partial charge is 0.252 e. The molecule has 0 radical (unpaired) electrons. The lowest BCUT2D eigenvalue weighted by Crippen LogP contribution is -2.08. The van der Waals surface area contributed by atoms with Crippen molar-refractivity contribution >= 4 is 11.0 Å². The van der Waals surface area contributed by atoms with Crippen LogP contribution in [0.3, 0.4) is 0 Å². The molecule has 23 heavy (non-hydrogen) atoms. The maximum Gasteiger partial charge on any atom is 0.434 e. The molecule has 0 unspecified atom stereocenters. The molecule has 0 bridgehead atoms. The molecule has 0 aliphatic carbocycles. The Hall–Kier alpha value is -2.94. The zero-order chi connectivity index (χ0) is 16.6. The van der Waals surface area contributed by atoms with Crippen LogP contribution in [-0.4, -0.2) is 9.97 Å². The van der Waals surface area contributed by atoms with E-state index in [0.717, 1.165) is 11.8 Å². The van der Waals surface area contributed by atoms with Crippen molar-refractivity contribution in [3.8, 4) is 17.2 Å². The van der Waals surface area contributed by atoms with Gasteiger partial charge in [0.05, 0.1) is 28.9 Å². The third-order valence-corrected chi connectivity index (χ3v) is 3.38. The van der Waals surface area contributed by atoms with Crippen molar-refractivity contribution < 1.29 is 13.2 Å². The summed E-state index contributed by atoms with van der Waals surface area (Å²) < 4.78 is 38.4. The molecule has 2 aromatic carbocycles. The number of benzene rings is 2. The average Bonchev–Trinajstić information content (AvgIpc) is 2.52.